The number of hydrogen-bond acceptors (Lipinski definition) is 2. The Morgan fingerprint density at radius 3 is 3.00 bits per heavy atom. The van der Waals surface area contributed by atoms with E-state index in [0.29, 0.717) is 6.10 Å². The number of methoxy groups -OCH3 is 1. The molecular weight excluding hydrogens is 236 g/mol. The predicted octanol–water partition coefficient (Wildman–Crippen LogP) is 3.85. The highest BCUT2D eigenvalue weighted by Gasteiger charge is 2.22. The van der Waals surface area contributed by atoms with E-state index in [4.69, 9.17) is 21.1 Å². The second kappa shape index (κ2) is 5.74. The van der Waals surface area contributed by atoms with Crippen molar-refractivity contribution in [3.05, 3.63) is 29.3 Å². The number of halogens is 1. The van der Waals surface area contributed by atoms with Crippen LogP contribution in [-0.2, 0) is 4.74 Å². The lowest BCUT2D eigenvalue weighted by Gasteiger charge is -2.17. The van der Waals surface area contributed by atoms with Crippen LogP contribution in [0, 0.1) is 6.92 Å². The topological polar surface area (TPSA) is 18.5 Å². The predicted molar refractivity (Wildman–Crippen MR) is 69.9 cm³/mol. The maximum atomic E-state index is 6.48. The van der Waals surface area contributed by atoms with Gasteiger partial charge in [0.05, 0.1) is 18.6 Å². The molecule has 0 radical (unpaired) electrons. The molecule has 2 rings (SSSR count). The molecule has 2 unspecified atom stereocenters. The number of rotatable bonds is 4. The fraction of sp³-hybridized carbons (Fsp3) is 0.571. The minimum atomic E-state index is -0.0343. The van der Waals surface area contributed by atoms with E-state index in [1.165, 1.54) is 5.56 Å². The molecule has 17 heavy (non-hydrogen) atoms. The van der Waals surface area contributed by atoms with Gasteiger partial charge in [0.15, 0.2) is 0 Å². The number of benzene rings is 1. The molecule has 1 aromatic rings. The zero-order valence-corrected chi connectivity index (χ0v) is 11.2. The largest absolute Gasteiger partial charge is 0.496 e. The van der Waals surface area contributed by atoms with Crippen LogP contribution in [-0.4, -0.2) is 19.8 Å². The SMILES string of the molecule is COc1ccc(C)cc1C(Cl)CC1CCCO1. The van der Waals surface area contributed by atoms with E-state index in [9.17, 15) is 0 Å². The van der Waals surface area contributed by atoms with Gasteiger partial charge >= 0.3 is 0 Å². The number of hydrogen-bond donors (Lipinski definition) is 0. The molecule has 1 heterocycles. The Labute approximate surface area is 108 Å². The van der Waals surface area contributed by atoms with Crippen molar-refractivity contribution < 1.29 is 9.47 Å². The highest BCUT2D eigenvalue weighted by molar-refractivity contribution is 6.21. The number of aryl methyl sites for hydroxylation is 1. The van der Waals surface area contributed by atoms with Crippen molar-refractivity contribution in [2.45, 2.75) is 37.7 Å². The summed E-state index contributed by atoms with van der Waals surface area (Å²) < 4.78 is 11.0. The van der Waals surface area contributed by atoms with Crippen LogP contribution in [0.1, 0.15) is 35.8 Å². The second-order valence-electron chi connectivity index (χ2n) is 4.58. The monoisotopic (exact) mass is 254 g/mol. The third-order valence-electron chi connectivity index (χ3n) is 3.22. The van der Waals surface area contributed by atoms with Gasteiger partial charge in [0, 0.05) is 12.2 Å². The van der Waals surface area contributed by atoms with E-state index in [1.807, 2.05) is 12.1 Å². The summed E-state index contributed by atoms with van der Waals surface area (Å²) in [6.45, 7) is 2.94. The van der Waals surface area contributed by atoms with Crippen molar-refractivity contribution in [2.75, 3.05) is 13.7 Å². The Kier molecular flexibility index (Phi) is 4.30. The highest BCUT2D eigenvalue weighted by Crippen LogP contribution is 2.35. The minimum Gasteiger partial charge on any atom is -0.496 e. The first-order valence-electron chi connectivity index (χ1n) is 6.11. The Balaban J connectivity index is 2.11. The Hall–Kier alpha value is -0.730. The van der Waals surface area contributed by atoms with Crippen molar-refractivity contribution in [1.29, 1.82) is 0 Å². The van der Waals surface area contributed by atoms with Crippen molar-refractivity contribution in [1.82, 2.24) is 0 Å². The number of ether oxygens (including phenoxy) is 2. The summed E-state index contributed by atoms with van der Waals surface area (Å²) in [5.41, 5.74) is 2.28. The van der Waals surface area contributed by atoms with E-state index >= 15 is 0 Å². The maximum Gasteiger partial charge on any atom is 0.123 e. The van der Waals surface area contributed by atoms with Crippen LogP contribution in [0.3, 0.4) is 0 Å². The zero-order chi connectivity index (χ0) is 12.3. The molecule has 1 saturated heterocycles. The van der Waals surface area contributed by atoms with Crippen LogP contribution in [0.2, 0.25) is 0 Å². The van der Waals surface area contributed by atoms with E-state index in [1.54, 1.807) is 7.11 Å². The Morgan fingerprint density at radius 2 is 2.35 bits per heavy atom. The fourth-order valence-electron chi connectivity index (χ4n) is 2.29. The quantitative estimate of drug-likeness (QED) is 0.760. The third-order valence-corrected chi connectivity index (χ3v) is 3.63. The summed E-state index contributed by atoms with van der Waals surface area (Å²) in [4.78, 5) is 0. The smallest absolute Gasteiger partial charge is 0.123 e. The van der Waals surface area contributed by atoms with Gasteiger partial charge in [0.25, 0.3) is 0 Å². The Morgan fingerprint density at radius 1 is 1.53 bits per heavy atom. The highest BCUT2D eigenvalue weighted by atomic mass is 35.5. The molecule has 0 aliphatic carbocycles. The first kappa shape index (κ1) is 12.7. The van der Waals surface area contributed by atoms with Gasteiger partial charge in [-0.25, -0.2) is 0 Å². The maximum absolute atomic E-state index is 6.48. The van der Waals surface area contributed by atoms with Crippen LogP contribution in [0.25, 0.3) is 0 Å². The van der Waals surface area contributed by atoms with E-state index in [0.717, 1.165) is 37.2 Å². The molecule has 1 aliphatic heterocycles. The molecule has 0 aromatic heterocycles. The summed E-state index contributed by atoms with van der Waals surface area (Å²) in [5, 5.41) is -0.0343. The molecule has 2 nitrogen and oxygen atoms in total. The van der Waals surface area contributed by atoms with Crippen LogP contribution in [0.15, 0.2) is 18.2 Å². The molecule has 94 valence electrons. The van der Waals surface area contributed by atoms with Gasteiger partial charge in [-0.2, -0.15) is 0 Å². The van der Waals surface area contributed by atoms with Gasteiger partial charge in [-0.1, -0.05) is 17.7 Å². The third kappa shape index (κ3) is 3.14. The zero-order valence-electron chi connectivity index (χ0n) is 10.4. The molecule has 0 bridgehead atoms. The average molecular weight is 255 g/mol. The van der Waals surface area contributed by atoms with Gasteiger partial charge < -0.3 is 9.47 Å². The normalized spacial score (nSPS) is 21.5. The van der Waals surface area contributed by atoms with Crippen molar-refractivity contribution in [2.24, 2.45) is 0 Å². The summed E-state index contributed by atoms with van der Waals surface area (Å²) in [7, 11) is 1.68. The molecule has 1 aliphatic rings. The minimum absolute atomic E-state index is 0.0343. The van der Waals surface area contributed by atoms with E-state index in [2.05, 4.69) is 13.0 Å². The van der Waals surface area contributed by atoms with Gasteiger partial charge in [0.2, 0.25) is 0 Å². The summed E-state index contributed by atoms with van der Waals surface area (Å²) in [6, 6.07) is 6.12. The molecule has 0 saturated carbocycles. The standard InChI is InChI=1S/C14H19ClO2/c1-10-5-6-14(16-2)12(8-10)13(15)9-11-4-3-7-17-11/h5-6,8,11,13H,3-4,7,9H2,1-2H3. The second-order valence-corrected chi connectivity index (χ2v) is 5.11. The lowest BCUT2D eigenvalue weighted by molar-refractivity contribution is 0.103. The van der Waals surface area contributed by atoms with Crippen LogP contribution in [0.5, 0.6) is 5.75 Å². The molecule has 1 aromatic carbocycles. The average Bonchev–Trinajstić information content (AvgIpc) is 2.81. The molecular formula is C14H19ClO2. The van der Waals surface area contributed by atoms with E-state index < -0.39 is 0 Å². The van der Waals surface area contributed by atoms with Gasteiger partial charge in [-0.15, -0.1) is 11.6 Å². The molecule has 3 heteroatoms. The summed E-state index contributed by atoms with van der Waals surface area (Å²) in [5.74, 6) is 0.869. The first-order valence-corrected chi connectivity index (χ1v) is 6.54. The lowest BCUT2D eigenvalue weighted by Crippen LogP contribution is -2.09. The van der Waals surface area contributed by atoms with Gasteiger partial charge in [-0.3, -0.25) is 0 Å². The number of alkyl halides is 1. The first-order chi connectivity index (χ1) is 8.20. The summed E-state index contributed by atoms with van der Waals surface area (Å²) in [6.07, 6.45) is 3.44. The Bertz CT molecular complexity index is 372. The van der Waals surface area contributed by atoms with E-state index in [-0.39, 0.29) is 5.38 Å². The molecule has 0 N–H and O–H groups in total. The molecule has 0 amide bonds. The van der Waals surface area contributed by atoms with Crippen LogP contribution in [0.4, 0.5) is 0 Å². The fourth-order valence-corrected chi connectivity index (χ4v) is 2.66. The van der Waals surface area contributed by atoms with Crippen LogP contribution >= 0.6 is 11.6 Å². The van der Waals surface area contributed by atoms with Crippen molar-refractivity contribution >= 4 is 11.6 Å². The van der Waals surface area contributed by atoms with Gasteiger partial charge in [-0.05, 0) is 32.3 Å². The van der Waals surface area contributed by atoms with Crippen molar-refractivity contribution in [3.8, 4) is 5.75 Å². The lowest BCUT2D eigenvalue weighted by atomic mass is 10.0. The summed E-state index contributed by atoms with van der Waals surface area (Å²) >= 11 is 6.48. The van der Waals surface area contributed by atoms with Gasteiger partial charge in [0.1, 0.15) is 5.75 Å². The molecule has 2 atom stereocenters. The molecule has 0 spiro atoms. The molecule has 1 fully saturated rings. The van der Waals surface area contributed by atoms with Crippen LogP contribution < -0.4 is 4.74 Å². The van der Waals surface area contributed by atoms with Crippen molar-refractivity contribution in [3.63, 3.8) is 0 Å².